The van der Waals surface area contributed by atoms with Gasteiger partial charge in [-0.2, -0.15) is 0 Å². The number of imidazole rings is 1. The summed E-state index contributed by atoms with van der Waals surface area (Å²) in [4.78, 5) is 19.9. The van der Waals surface area contributed by atoms with Gasteiger partial charge >= 0.3 is 0 Å². The number of aryl methyl sites for hydroxylation is 1. The van der Waals surface area contributed by atoms with Crippen LogP contribution < -0.4 is 10.2 Å². The Morgan fingerprint density at radius 1 is 1.16 bits per heavy atom. The molecule has 162 valence electrons. The smallest absolute Gasteiger partial charge is 0.270 e. The van der Waals surface area contributed by atoms with Gasteiger partial charge in [-0.15, -0.1) is 0 Å². The first-order valence-electron chi connectivity index (χ1n) is 10.9. The number of carbonyl (C=O) groups excluding carboxylic acids is 1. The summed E-state index contributed by atoms with van der Waals surface area (Å²) in [6.07, 6.45) is 3.19. The second-order valence-electron chi connectivity index (χ2n) is 8.68. The van der Waals surface area contributed by atoms with E-state index in [2.05, 4.69) is 27.3 Å². The molecule has 1 saturated carbocycles. The lowest BCUT2D eigenvalue weighted by Gasteiger charge is -2.20. The van der Waals surface area contributed by atoms with Crippen molar-refractivity contribution in [3.63, 3.8) is 0 Å². The Morgan fingerprint density at radius 3 is 2.55 bits per heavy atom. The van der Waals surface area contributed by atoms with Gasteiger partial charge < -0.3 is 10.2 Å². The lowest BCUT2D eigenvalue weighted by atomic mass is 10.0. The van der Waals surface area contributed by atoms with Crippen LogP contribution in [0.25, 0.3) is 5.65 Å². The molecular weight excluding hydrogens is 415 g/mol. The highest BCUT2D eigenvalue weighted by molar-refractivity contribution is 6.30. The van der Waals surface area contributed by atoms with Crippen LogP contribution in [0.4, 0.5) is 10.1 Å². The number of hydrogen-bond donors (Lipinski definition) is 1. The molecule has 0 spiro atoms. The number of rotatable bonds is 5. The van der Waals surface area contributed by atoms with Crippen LogP contribution in [0, 0.1) is 11.8 Å². The SMILES string of the molecule is CCc1nc2ccc(Cl)cn2c1C(=O)NCc1ccc(N2CC3CC(F)CC3C2)cc1. The number of nitrogens with zero attached hydrogens (tertiary/aromatic N) is 3. The fourth-order valence-electron chi connectivity index (χ4n) is 5.08. The first-order chi connectivity index (χ1) is 15.0. The normalized spacial score (nSPS) is 22.8. The molecule has 2 aromatic heterocycles. The quantitative estimate of drug-likeness (QED) is 0.627. The van der Waals surface area contributed by atoms with E-state index in [-0.39, 0.29) is 5.91 Å². The van der Waals surface area contributed by atoms with E-state index in [1.165, 1.54) is 5.69 Å². The highest BCUT2D eigenvalue weighted by atomic mass is 35.5. The number of aromatic nitrogens is 2. The van der Waals surface area contributed by atoms with E-state index in [4.69, 9.17) is 11.6 Å². The fourth-order valence-corrected chi connectivity index (χ4v) is 5.24. The minimum Gasteiger partial charge on any atom is -0.371 e. The van der Waals surface area contributed by atoms with Crippen LogP contribution in [0.2, 0.25) is 5.02 Å². The molecule has 2 unspecified atom stereocenters. The van der Waals surface area contributed by atoms with Crippen LogP contribution >= 0.6 is 11.6 Å². The number of halogens is 2. The molecule has 0 radical (unpaired) electrons. The maximum absolute atomic E-state index is 13.6. The molecule has 5 rings (SSSR count). The largest absolute Gasteiger partial charge is 0.371 e. The number of pyridine rings is 1. The molecule has 1 aromatic carbocycles. The zero-order chi connectivity index (χ0) is 21.5. The average Bonchev–Trinajstić information content (AvgIpc) is 3.42. The summed E-state index contributed by atoms with van der Waals surface area (Å²) in [5.74, 6) is 0.810. The van der Waals surface area contributed by atoms with E-state index >= 15 is 0 Å². The Labute approximate surface area is 186 Å². The topological polar surface area (TPSA) is 49.6 Å². The lowest BCUT2D eigenvalue weighted by molar-refractivity contribution is 0.0944. The predicted octanol–water partition coefficient (Wildman–Crippen LogP) is 4.66. The number of hydrogen-bond acceptors (Lipinski definition) is 3. The van der Waals surface area contributed by atoms with E-state index in [0.29, 0.717) is 54.0 Å². The molecule has 1 N–H and O–H groups in total. The Hall–Kier alpha value is -2.60. The van der Waals surface area contributed by atoms with Gasteiger partial charge in [0, 0.05) is 31.5 Å². The third-order valence-electron chi connectivity index (χ3n) is 6.65. The predicted molar refractivity (Wildman–Crippen MR) is 121 cm³/mol. The van der Waals surface area contributed by atoms with Gasteiger partial charge in [0.25, 0.3) is 5.91 Å². The van der Waals surface area contributed by atoms with E-state index < -0.39 is 6.17 Å². The Kier molecular flexibility index (Phi) is 5.34. The fraction of sp³-hybridized carbons (Fsp3) is 0.417. The summed E-state index contributed by atoms with van der Waals surface area (Å²) in [5.41, 5.74) is 4.21. The summed E-state index contributed by atoms with van der Waals surface area (Å²) in [5, 5.41) is 3.58. The molecule has 3 heterocycles. The number of alkyl halides is 1. The molecule has 1 aliphatic carbocycles. The summed E-state index contributed by atoms with van der Waals surface area (Å²) < 4.78 is 15.3. The molecule has 7 heteroatoms. The average molecular weight is 441 g/mol. The summed E-state index contributed by atoms with van der Waals surface area (Å²) in [6.45, 7) is 4.31. The monoisotopic (exact) mass is 440 g/mol. The number of anilines is 1. The molecule has 0 bridgehead atoms. The third kappa shape index (κ3) is 3.89. The lowest BCUT2D eigenvalue weighted by Crippen LogP contribution is -2.25. The minimum absolute atomic E-state index is 0.163. The highest BCUT2D eigenvalue weighted by Gasteiger charge is 2.41. The van der Waals surface area contributed by atoms with E-state index in [1.807, 2.05) is 25.1 Å². The molecule has 1 amide bonds. The van der Waals surface area contributed by atoms with Gasteiger partial charge in [0.1, 0.15) is 17.5 Å². The van der Waals surface area contributed by atoms with Gasteiger partial charge in [0.15, 0.2) is 0 Å². The minimum atomic E-state index is -0.611. The van der Waals surface area contributed by atoms with Crippen LogP contribution in [0.5, 0.6) is 0 Å². The van der Waals surface area contributed by atoms with Crippen molar-refractivity contribution in [2.45, 2.75) is 38.9 Å². The van der Waals surface area contributed by atoms with Crippen LogP contribution in [0.3, 0.4) is 0 Å². The van der Waals surface area contributed by atoms with Gasteiger partial charge in [-0.1, -0.05) is 30.7 Å². The molecule has 1 aliphatic heterocycles. The van der Waals surface area contributed by atoms with E-state index in [9.17, 15) is 9.18 Å². The highest BCUT2D eigenvalue weighted by Crippen LogP contribution is 2.41. The van der Waals surface area contributed by atoms with E-state index in [1.54, 1.807) is 16.7 Å². The zero-order valence-electron chi connectivity index (χ0n) is 17.5. The third-order valence-corrected chi connectivity index (χ3v) is 6.88. The Balaban J connectivity index is 1.25. The molecule has 2 atom stereocenters. The number of nitrogens with one attached hydrogen (secondary N) is 1. The van der Waals surface area contributed by atoms with Gasteiger partial charge in [-0.25, -0.2) is 9.37 Å². The molecule has 3 aromatic rings. The molecular formula is C24H26ClFN4O. The molecule has 2 aliphatic rings. The van der Waals surface area contributed by atoms with Crippen molar-refractivity contribution in [3.05, 3.63) is 64.6 Å². The van der Waals surface area contributed by atoms with Crippen LogP contribution in [0.1, 0.15) is 41.5 Å². The van der Waals surface area contributed by atoms with E-state index in [0.717, 1.165) is 24.3 Å². The summed E-state index contributed by atoms with van der Waals surface area (Å²) in [6, 6.07) is 11.9. The number of benzene rings is 1. The van der Waals surface area contributed by atoms with Crippen LogP contribution in [-0.2, 0) is 13.0 Å². The molecule has 1 saturated heterocycles. The standard InChI is InChI=1S/C24H26ClFN4O/c1-2-21-23(30-14-18(25)5-8-22(30)28-21)24(31)27-11-15-3-6-20(7-4-15)29-12-16-9-19(26)10-17(16)13-29/h3-8,14,16-17,19H,2,9-13H2,1H3,(H,27,31). The second kappa shape index (κ2) is 8.15. The molecule has 31 heavy (non-hydrogen) atoms. The van der Waals surface area contributed by atoms with Gasteiger partial charge in [-0.3, -0.25) is 9.20 Å². The van der Waals surface area contributed by atoms with Crippen molar-refractivity contribution in [2.24, 2.45) is 11.8 Å². The maximum Gasteiger partial charge on any atom is 0.270 e. The maximum atomic E-state index is 13.6. The van der Waals surface area contributed by atoms with Gasteiger partial charge in [0.05, 0.1) is 10.7 Å². The van der Waals surface area contributed by atoms with Crippen molar-refractivity contribution >= 4 is 28.8 Å². The van der Waals surface area contributed by atoms with Crippen LogP contribution in [-0.4, -0.2) is 34.6 Å². The summed E-state index contributed by atoms with van der Waals surface area (Å²) >= 11 is 6.12. The first kappa shape index (κ1) is 20.3. The van der Waals surface area contributed by atoms with Crippen molar-refractivity contribution in [2.75, 3.05) is 18.0 Å². The van der Waals surface area contributed by atoms with Crippen molar-refractivity contribution in [1.82, 2.24) is 14.7 Å². The molecule has 5 nitrogen and oxygen atoms in total. The zero-order valence-corrected chi connectivity index (χ0v) is 18.3. The number of fused-ring (bicyclic) bond motifs is 2. The Bertz CT molecular complexity index is 1100. The van der Waals surface area contributed by atoms with Crippen LogP contribution in [0.15, 0.2) is 42.6 Å². The van der Waals surface area contributed by atoms with Gasteiger partial charge in [0.2, 0.25) is 0 Å². The second-order valence-corrected chi connectivity index (χ2v) is 9.12. The number of carbonyl (C=O) groups is 1. The Morgan fingerprint density at radius 2 is 1.87 bits per heavy atom. The van der Waals surface area contributed by atoms with Crippen molar-refractivity contribution < 1.29 is 9.18 Å². The first-order valence-corrected chi connectivity index (χ1v) is 11.3. The molecule has 2 fully saturated rings. The van der Waals surface area contributed by atoms with Crippen molar-refractivity contribution in [1.29, 1.82) is 0 Å². The summed E-state index contributed by atoms with van der Waals surface area (Å²) in [7, 11) is 0. The van der Waals surface area contributed by atoms with Crippen molar-refractivity contribution in [3.8, 4) is 0 Å². The van der Waals surface area contributed by atoms with Gasteiger partial charge in [-0.05, 0) is 60.9 Å². The number of amides is 1.